The van der Waals surface area contributed by atoms with Gasteiger partial charge in [0.25, 0.3) is 0 Å². The molecule has 86 valence electrons. The summed E-state index contributed by atoms with van der Waals surface area (Å²) >= 11 is 4.80. The molecule has 0 atom stereocenters. The van der Waals surface area contributed by atoms with Crippen LogP contribution in [0.2, 0.25) is 0 Å². The molecular formula is C12H12N4S. The van der Waals surface area contributed by atoms with Gasteiger partial charge < -0.3 is 5.73 Å². The number of pyridine rings is 1. The Morgan fingerprint density at radius 2 is 2.18 bits per heavy atom. The molecule has 17 heavy (non-hydrogen) atoms. The van der Waals surface area contributed by atoms with Gasteiger partial charge in [0, 0.05) is 18.6 Å². The molecule has 2 aromatic rings. The van der Waals surface area contributed by atoms with Crippen molar-refractivity contribution in [3.05, 3.63) is 42.2 Å². The lowest BCUT2D eigenvalue weighted by molar-refractivity contribution is 0.552. The summed E-state index contributed by atoms with van der Waals surface area (Å²) in [4.78, 5) is 4.28. The minimum absolute atomic E-state index is 0.224. The molecule has 2 rings (SSSR count). The van der Waals surface area contributed by atoms with Crippen LogP contribution in [0.4, 0.5) is 0 Å². The number of nitrogens with two attached hydrogens (primary N) is 1. The van der Waals surface area contributed by atoms with Crippen molar-refractivity contribution in [3.8, 4) is 0 Å². The van der Waals surface area contributed by atoms with E-state index in [1.165, 1.54) is 5.01 Å². The summed E-state index contributed by atoms with van der Waals surface area (Å²) in [6, 6.07) is 9.96. The zero-order valence-electron chi connectivity index (χ0n) is 9.37. The van der Waals surface area contributed by atoms with Gasteiger partial charge in [-0.15, -0.1) is 0 Å². The van der Waals surface area contributed by atoms with Crippen molar-refractivity contribution < 1.29 is 0 Å². The minimum atomic E-state index is 0.224. The summed E-state index contributed by atoms with van der Waals surface area (Å²) in [5.74, 6) is 0. The van der Waals surface area contributed by atoms with Crippen molar-refractivity contribution >= 4 is 34.3 Å². The van der Waals surface area contributed by atoms with Gasteiger partial charge in [-0.05, 0) is 23.7 Å². The number of hydrogen-bond donors (Lipinski definition) is 1. The van der Waals surface area contributed by atoms with E-state index in [0.717, 1.165) is 16.5 Å². The van der Waals surface area contributed by atoms with Crippen LogP contribution in [0.15, 0.2) is 41.6 Å². The first-order chi connectivity index (χ1) is 8.18. The minimum Gasteiger partial charge on any atom is -0.375 e. The Kier molecular flexibility index (Phi) is 3.30. The molecular weight excluding hydrogens is 232 g/mol. The molecule has 0 fully saturated rings. The lowest BCUT2D eigenvalue weighted by Gasteiger charge is -2.08. The fourth-order valence-electron chi connectivity index (χ4n) is 1.44. The molecule has 4 nitrogen and oxygen atoms in total. The average molecular weight is 244 g/mol. The fraction of sp³-hybridized carbons (Fsp3) is 0.0833. The Balaban J connectivity index is 2.39. The number of benzene rings is 1. The number of hydrogen-bond acceptors (Lipinski definition) is 3. The Labute approximate surface area is 105 Å². The summed E-state index contributed by atoms with van der Waals surface area (Å²) < 4.78 is 0. The zero-order chi connectivity index (χ0) is 12.3. The average Bonchev–Trinajstić information content (AvgIpc) is 2.35. The van der Waals surface area contributed by atoms with Crippen LogP contribution in [0.25, 0.3) is 10.8 Å². The SMILES string of the molecule is CN(N=Cc1nccc2ccccc12)C(N)=S. The molecule has 0 aliphatic carbocycles. The Hall–Kier alpha value is -2.01. The highest BCUT2D eigenvalue weighted by Gasteiger charge is 1.99. The van der Waals surface area contributed by atoms with Crippen molar-refractivity contribution in [3.63, 3.8) is 0 Å². The number of rotatable bonds is 2. The van der Waals surface area contributed by atoms with Crippen molar-refractivity contribution in [2.75, 3.05) is 7.05 Å². The fourth-order valence-corrected chi connectivity index (χ4v) is 1.49. The summed E-state index contributed by atoms with van der Waals surface area (Å²) in [6.45, 7) is 0. The third kappa shape index (κ3) is 2.57. The molecule has 2 N–H and O–H groups in total. The first-order valence-electron chi connectivity index (χ1n) is 5.09. The molecule has 0 amide bonds. The first-order valence-corrected chi connectivity index (χ1v) is 5.50. The number of thiocarbonyl (C=S) groups is 1. The molecule has 1 aromatic carbocycles. The predicted octanol–water partition coefficient (Wildman–Crippen LogP) is 1.74. The third-order valence-corrected chi connectivity index (χ3v) is 2.64. The molecule has 0 saturated carbocycles. The monoisotopic (exact) mass is 244 g/mol. The van der Waals surface area contributed by atoms with Crippen LogP contribution in [0.5, 0.6) is 0 Å². The van der Waals surface area contributed by atoms with E-state index in [-0.39, 0.29) is 5.11 Å². The highest BCUT2D eigenvalue weighted by atomic mass is 32.1. The van der Waals surface area contributed by atoms with E-state index in [9.17, 15) is 0 Å². The van der Waals surface area contributed by atoms with Gasteiger partial charge in [-0.1, -0.05) is 24.3 Å². The van der Waals surface area contributed by atoms with Gasteiger partial charge in [-0.3, -0.25) is 4.98 Å². The molecule has 1 heterocycles. The van der Waals surface area contributed by atoms with Crippen LogP contribution in [0.3, 0.4) is 0 Å². The van der Waals surface area contributed by atoms with Gasteiger partial charge in [0.05, 0.1) is 11.9 Å². The number of hydrazone groups is 1. The maximum absolute atomic E-state index is 5.44. The lowest BCUT2D eigenvalue weighted by atomic mass is 10.1. The normalized spacial score (nSPS) is 10.9. The Morgan fingerprint density at radius 3 is 2.94 bits per heavy atom. The predicted molar refractivity (Wildman–Crippen MR) is 73.9 cm³/mol. The van der Waals surface area contributed by atoms with E-state index in [2.05, 4.69) is 10.1 Å². The van der Waals surface area contributed by atoms with Crippen molar-refractivity contribution in [1.82, 2.24) is 9.99 Å². The molecule has 0 radical (unpaired) electrons. The number of fused-ring (bicyclic) bond motifs is 1. The van der Waals surface area contributed by atoms with Crippen LogP contribution in [0.1, 0.15) is 5.69 Å². The second-order valence-corrected chi connectivity index (χ2v) is 3.94. The van der Waals surface area contributed by atoms with E-state index < -0.39 is 0 Å². The highest BCUT2D eigenvalue weighted by molar-refractivity contribution is 7.80. The third-order valence-electron chi connectivity index (χ3n) is 2.38. The van der Waals surface area contributed by atoms with Crippen LogP contribution in [-0.4, -0.2) is 28.4 Å². The maximum atomic E-state index is 5.44. The largest absolute Gasteiger partial charge is 0.375 e. The highest BCUT2D eigenvalue weighted by Crippen LogP contribution is 2.14. The molecule has 0 aliphatic heterocycles. The molecule has 0 unspecified atom stereocenters. The van der Waals surface area contributed by atoms with E-state index in [1.807, 2.05) is 30.3 Å². The number of aromatic nitrogens is 1. The first kappa shape index (κ1) is 11.5. The molecule has 0 spiro atoms. The lowest BCUT2D eigenvalue weighted by Crippen LogP contribution is -2.27. The second kappa shape index (κ2) is 4.88. The maximum Gasteiger partial charge on any atom is 0.186 e. The molecule has 0 aliphatic rings. The van der Waals surface area contributed by atoms with Gasteiger partial charge in [0.15, 0.2) is 5.11 Å². The van der Waals surface area contributed by atoms with Crippen molar-refractivity contribution in [2.24, 2.45) is 10.8 Å². The van der Waals surface area contributed by atoms with Gasteiger partial charge >= 0.3 is 0 Å². The zero-order valence-corrected chi connectivity index (χ0v) is 10.2. The van der Waals surface area contributed by atoms with Gasteiger partial charge in [0.1, 0.15) is 0 Å². The number of nitrogens with zero attached hydrogens (tertiary/aromatic N) is 3. The second-order valence-electron chi connectivity index (χ2n) is 3.52. The van der Waals surface area contributed by atoms with Gasteiger partial charge in [-0.25, -0.2) is 5.01 Å². The van der Waals surface area contributed by atoms with E-state index >= 15 is 0 Å². The molecule has 0 saturated heterocycles. The summed E-state index contributed by atoms with van der Waals surface area (Å²) in [6.07, 6.45) is 3.41. The Bertz CT molecular complexity index is 574. The van der Waals surface area contributed by atoms with Crippen LogP contribution < -0.4 is 5.73 Å². The molecule has 5 heteroatoms. The summed E-state index contributed by atoms with van der Waals surface area (Å²) in [7, 11) is 1.70. The van der Waals surface area contributed by atoms with Gasteiger partial charge in [0.2, 0.25) is 0 Å². The van der Waals surface area contributed by atoms with Crippen LogP contribution in [0, 0.1) is 0 Å². The quantitative estimate of drug-likeness (QED) is 0.497. The van der Waals surface area contributed by atoms with Crippen molar-refractivity contribution in [1.29, 1.82) is 0 Å². The topological polar surface area (TPSA) is 54.5 Å². The van der Waals surface area contributed by atoms with Crippen LogP contribution in [-0.2, 0) is 0 Å². The smallest absolute Gasteiger partial charge is 0.186 e. The van der Waals surface area contributed by atoms with E-state index in [4.69, 9.17) is 18.0 Å². The van der Waals surface area contributed by atoms with Crippen LogP contribution >= 0.6 is 12.2 Å². The van der Waals surface area contributed by atoms with Crippen molar-refractivity contribution in [2.45, 2.75) is 0 Å². The molecule has 0 bridgehead atoms. The van der Waals surface area contributed by atoms with E-state index in [0.29, 0.717) is 0 Å². The Morgan fingerprint density at radius 1 is 1.41 bits per heavy atom. The standard InChI is InChI=1S/C12H12N4S/c1-16(12(13)17)15-8-11-10-5-3-2-4-9(10)6-7-14-11/h2-8H,1H3,(H2,13,17). The molecule has 1 aromatic heterocycles. The van der Waals surface area contributed by atoms with Gasteiger partial charge in [-0.2, -0.15) is 5.10 Å². The summed E-state index contributed by atoms with van der Waals surface area (Å²) in [5, 5.41) is 7.95. The van der Waals surface area contributed by atoms with E-state index in [1.54, 1.807) is 19.5 Å². The summed E-state index contributed by atoms with van der Waals surface area (Å²) in [5.41, 5.74) is 6.23.